The molecule has 1 aromatic heterocycles. The Morgan fingerprint density at radius 3 is 2.58 bits per heavy atom. The Balaban J connectivity index is 2.04. The second kappa shape index (κ2) is 5.85. The maximum atomic E-state index is 12.9. The summed E-state index contributed by atoms with van der Waals surface area (Å²) in [5, 5.41) is 7.69. The van der Waals surface area contributed by atoms with Gasteiger partial charge >= 0.3 is 5.63 Å². The van der Waals surface area contributed by atoms with E-state index in [1.807, 2.05) is 56.3 Å². The minimum Gasteiger partial charge on any atom is -0.497 e. The van der Waals surface area contributed by atoms with Crippen molar-refractivity contribution < 1.29 is 9.15 Å². The van der Waals surface area contributed by atoms with Crippen molar-refractivity contribution in [2.24, 2.45) is 0 Å². The predicted octanol–water partition coefficient (Wildman–Crippen LogP) is 3.67. The summed E-state index contributed by atoms with van der Waals surface area (Å²) in [4.78, 5) is 12.9. The van der Waals surface area contributed by atoms with Gasteiger partial charge in [-0.1, -0.05) is 24.3 Å². The van der Waals surface area contributed by atoms with Gasteiger partial charge in [-0.3, -0.25) is 0 Å². The molecule has 5 nitrogen and oxygen atoms in total. The Bertz CT molecular complexity index is 1090. The molecule has 132 valence electrons. The van der Waals surface area contributed by atoms with Crippen molar-refractivity contribution in [2.45, 2.75) is 19.4 Å². The first-order chi connectivity index (χ1) is 12.4. The number of hydrogen-bond acceptors (Lipinski definition) is 4. The molecule has 2 aromatic carbocycles. The topological polar surface area (TPSA) is 63.5 Å². The van der Waals surface area contributed by atoms with Crippen LogP contribution in [-0.2, 0) is 5.54 Å². The van der Waals surface area contributed by atoms with E-state index in [1.54, 1.807) is 7.11 Å². The molecular weight excluding hydrogens is 348 g/mol. The second-order valence-electron chi connectivity index (χ2n) is 6.52. The van der Waals surface area contributed by atoms with E-state index in [1.165, 1.54) is 0 Å². The highest BCUT2D eigenvalue weighted by atomic mass is 32.1. The normalized spacial score (nSPS) is 18.8. The number of fused-ring (bicyclic) bond motifs is 3. The molecule has 3 aromatic rings. The molecule has 2 heterocycles. The third kappa shape index (κ3) is 2.37. The smallest absolute Gasteiger partial charge is 0.344 e. The van der Waals surface area contributed by atoms with E-state index >= 15 is 0 Å². The van der Waals surface area contributed by atoms with Gasteiger partial charge in [0, 0.05) is 5.39 Å². The van der Waals surface area contributed by atoms with E-state index in [2.05, 4.69) is 10.6 Å². The molecular formula is C20H18N2O3S. The van der Waals surface area contributed by atoms with E-state index in [-0.39, 0.29) is 5.63 Å². The van der Waals surface area contributed by atoms with E-state index < -0.39 is 5.54 Å². The molecule has 4 rings (SSSR count). The number of thiocarbonyl (C=S) groups is 1. The van der Waals surface area contributed by atoms with Crippen LogP contribution in [0.3, 0.4) is 0 Å². The van der Waals surface area contributed by atoms with Crippen LogP contribution in [0, 0.1) is 6.92 Å². The van der Waals surface area contributed by atoms with E-state index in [0.29, 0.717) is 21.9 Å². The second-order valence-corrected chi connectivity index (χ2v) is 6.93. The number of rotatable bonds is 2. The predicted molar refractivity (Wildman–Crippen MR) is 106 cm³/mol. The highest BCUT2D eigenvalue weighted by molar-refractivity contribution is 7.80. The molecule has 1 atom stereocenters. The van der Waals surface area contributed by atoms with Gasteiger partial charge in [-0.15, -0.1) is 0 Å². The molecule has 0 aliphatic carbocycles. The lowest BCUT2D eigenvalue weighted by Crippen LogP contribution is -2.52. The van der Waals surface area contributed by atoms with Crippen LogP contribution in [0.25, 0.3) is 11.0 Å². The lowest BCUT2D eigenvalue weighted by atomic mass is 9.82. The number of ether oxygens (including phenoxy) is 1. The SMILES string of the molecule is COc1ccc(C2(C)NC(=S)Nc3c2c(=O)oc2c(C)cccc32)cc1. The highest BCUT2D eigenvalue weighted by Crippen LogP contribution is 2.39. The molecule has 6 heteroatoms. The maximum absolute atomic E-state index is 12.9. The van der Waals surface area contributed by atoms with Crippen molar-refractivity contribution in [3.8, 4) is 5.75 Å². The van der Waals surface area contributed by atoms with Crippen molar-refractivity contribution >= 4 is 34.0 Å². The fourth-order valence-electron chi connectivity index (χ4n) is 3.52. The Hall–Kier alpha value is -2.86. The van der Waals surface area contributed by atoms with Gasteiger partial charge < -0.3 is 19.8 Å². The van der Waals surface area contributed by atoms with Crippen molar-refractivity contribution in [1.29, 1.82) is 0 Å². The van der Waals surface area contributed by atoms with Gasteiger partial charge in [0.2, 0.25) is 0 Å². The number of methoxy groups -OCH3 is 1. The van der Waals surface area contributed by atoms with Crippen LogP contribution in [0.15, 0.2) is 51.7 Å². The lowest BCUT2D eigenvalue weighted by Gasteiger charge is -2.38. The minimum absolute atomic E-state index is 0.386. The molecule has 0 bridgehead atoms. The number of hydrogen-bond donors (Lipinski definition) is 2. The van der Waals surface area contributed by atoms with Gasteiger partial charge in [-0.25, -0.2) is 4.79 Å². The van der Waals surface area contributed by atoms with Crippen LogP contribution in [-0.4, -0.2) is 12.2 Å². The van der Waals surface area contributed by atoms with Gasteiger partial charge in [0.05, 0.1) is 23.9 Å². The number of aryl methyl sites for hydroxylation is 1. The lowest BCUT2D eigenvalue weighted by molar-refractivity contribution is 0.413. The van der Waals surface area contributed by atoms with Gasteiger partial charge in [0.25, 0.3) is 0 Å². The van der Waals surface area contributed by atoms with Crippen LogP contribution in [0.5, 0.6) is 5.75 Å². The number of benzene rings is 2. The molecule has 0 spiro atoms. The minimum atomic E-state index is -0.817. The van der Waals surface area contributed by atoms with Gasteiger partial charge in [-0.05, 0) is 55.4 Å². The van der Waals surface area contributed by atoms with E-state index in [9.17, 15) is 4.79 Å². The zero-order valence-electron chi connectivity index (χ0n) is 14.7. The fourth-order valence-corrected chi connectivity index (χ4v) is 3.83. The van der Waals surface area contributed by atoms with Gasteiger partial charge in [0.1, 0.15) is 11.3 Å². The molecule has 2 N–H and O–H groups in total. The van der Waals surface area contributed by atoms with Gasteiger partial charge in [0.15, 0.2) is 5.11 Å². The molecule has 0 radical (unpaired) electrons. The first kappa shape index (κ1) is 16.6. The number of nitrogens with one attached hydrogen (secondary N) is 2. The molecule has 0 amide bonds. The first-order valence-electron chi connectivity index (χ1n) is 8.24. The monoisotopic (exact) mass is 366 g/mol. The Morgan fingerprint density at radius 1 is 1.15 bits per heavy atom. The summed E-state index contributed by atoms with van der Waals surface area (Å²) in [5.74, 6) is 0.746. The van der Waals surface area contributed by atoms with E-state index in [4.69, 9.17) is 21.4 Å². The Kier molecular flexibility index (Phi) is 3.73. The summed E-state index contributed by atoms with van der Waals surface area (Å²) in [7, 11) is 1.62. The average molecular weight is 366 g/mol. The summed E-state index contributed by atoms with van der Waals surface area (Å²) in [6, 6.07) is 13.3. The quantitative estimate of drug-likeness (QED) is 0.533. The Labute approximate surface area is 156 Å². The zero-order valence-corrected chi connectivity index (χ0v) is 15.5. The molecule has 1 aliphatic heterocycles. The standard InChI is InChI=1S/C20H18N2O3S/c1-11-5-4-6-14-16-15(18(23)25-17(11)14)20(2,22-19(26)21-16)12-7-9-13(24-3)10-8-12/h4-10H,1-3H3,(H2,21,22,26). The van der Waals surface area contributed by atoms with Crippen LogP contribution in [0.4, 0.5) is 5.69 Å². The van der Waals surface area contributed by atoms with Crippen LogP contribution < -0.4 is 21.0 Å². The number of anilines is 1. The summed E-state index contributed by atoms with van der Waals surface area (Å²) in [6.07, 6.45) is 0. The average Bonchev–Trinajstić information content (AvgIpc) is 2.62. The number of para-hydroxylation sites is 1. The molecule has 26 heavy (non-hydrogen) atoms. The van der Waals surface area contributed by atoms with Gasteiger partial charge in [-0.2, -0.15) is 0 Å². The van der Waals surface area contributed by atoms with E-state index in [0.717, 1.165) is 22.3 Å². The molecule has 0 fully saturated rings. The van der Waals surface area contributed by atoms with Crippen molar-refractivity contribution in [1.82, 2.24) is 5.32 Å². The summed E-state index contributed by atoms with van der Waals surface area (Å²) >= 11 is 5.44. The Morgan fingerprint density at radius 2 is 1.88 bits per heavy atom. The van der Waals surface area contributed by atoms with Crippen molar-refractivity contribution in [2.75, 3.05) is 12.4 Å². The van der Waals surface area contributed by atoms with Crippen LogP contribution >= 0.6 is 12.2 Å². The third-order valence-corrected chi connectivity index (χ3v) is 5.10. The molecule has 0 saturated heterocycles. The zero-order chi connectivity index (χ0) is 18.5. The van der Waals surface area contributed by atoms with Crippen LogP contribution in [0.1, 0.15) is 23.6 Å². The molecule has 1 aliphatic rings. The van der Waals surface area contributed by atoms with Crippen molar-refractivity contribution in [3.63, 3.8) is 0 Å². The summed E-state index contributed by atoms with van der Waals surface area (Å²) < 4.78 is 10.9. The highest BCUT2D eigenvalue weighted by Gasteiger charge is 2.40. The molecule has 1 unspecified atom stereocenters. The summed E-state index contributed by atoms with van der Waals surface area (Å²) in [5.41, 5.74) is 2.37. The largest absolute Gasteiger partial charge is 0.497 e. The maximum Gasteiger partial charge on any atom is 0.344 e. The third-order valence-electron chi connectivity index (χ3n) is 4.90. The fraction of sp³-hybridized carbons (Fsp3) is 0.200. The molecule has 0 saturated carbocycles. The van der Waals surface area contributed by atoms with Crippen molar-refractivity contribution in [3.05, 3.63) is 69.6 Å². The first-order valence-corrected chi connectivity index (χ1v) is 8.65. The van der Waals surface area contributed by atoms with Crippen LogP contribution in [0.2, 0.25) is 0 Å². The summed E-state index contributed by atoms with van der Waals surface area (Å²) in [6.45, 7) is 3.85.